The molecule has 5 rings (SSSR count). The molecule has 0 amide bonds. The Bertz CT molecular complexity index is 1400. The van der Waals surface area contributed by atoms with Crippen molar-refractivity contribution in [1.29, 1.82) is 0 Å². The highest BCUT2D eigenvalue weighted by Crippen LogP contribution is 2.32. The van der Waals surface area contributed by atoms with Crippen LogP contribution in [0.1, 0.15) is 49.6 Å². The molecule has 0 saturated carbocycles. The minimum atomic E-state index is 0.279. The fourth-order valence-corrected chi connectivity index (χ4v) is 5.65. The highest BCUT2D eigenvalue weighted by atomic mass is 32.1. The zero-order valence-corrected chi connectivity index (χ0v) is 23.7. The SMILES string of the molecule is Cc1cc(NNc2ccc(NNc3ccc(N4CCCC4)s3)cc2C)ccc1/N=N/c1nc(C(C)C)ns1. The fourth-order valence-electron chi connectivity index (χ4n) is 4.10. The van der Waals surface area contributed by atoms with Gasteiger partial charge in [-0.25, -0.2) is 0 Å². The van der Waals surface area contributed by atoms with E-state index in [1.54, 1.807) is 11.3 Å². The molecular formula is C27H33N9S2. The highest BCUT2D eigenvalue weighted by molar-refractivity contribution is 7.20. The van der Waals surface area contributed by atoms with Gasteiger partial charge in [-0.15, -0.1) is 10.2 Å². The number of hydrogen-bond donors (Lipinski definition) is 4. The maximum Gasteiger partial charge on any atom is 0.249 e. The van der Waals surface area contributed by atoms with Crippen LogP contribution in [0.25, 0.3) is 0 Å². The molecule has 9 nitrogen and oxygen atoms in total. The first kappa shape index (κ1) is 25.9. The topological polar surface area (TPSA) is 102 Å². The molecule has 11 heteroatoms. The summed E-state index contributed by atoms with van der Waals surface area (Å²) in [6.45, 7) is 10.5. The molecule has 198 valence electrons. The van der Waals surface area contributed by atoms with E-state index in [1.807, 2.05) is 31.2 Å². The normalized spacial score (nSPS) is 13.4. The van der Waals surface area contributed by atoms with E-state index in [-0.39, 0.29) is 5.92 Å². The van der Waals surface area contributed by atoms with Crippen molar-refractivity contribution in [3.63, 3.8) is 0 Å². The van der Waals surface area contributed by atoms with Crippen molar-refractivity contribution in [3.05, 3.63) is 65.5 Å². The third-order valence-corrected chi connectivity index (χ3v) is 7.97. The molecule has 4 N–H and O–H groups in total. The van der Waals surface area contributed by atoms with Crippen LogP contribution in [0.5, 0.6) is 0 Å². The van der Waals surface area contributed by atoms with Crippen molar-refractivity contribution < 1.29 is 0 Å². The lowest BCUT2D eigenvalue weighted by atomic mass is 10.2. The Labute approximate surface area is 231 Å². The second kappa shape index (κ2) is 11.8. The summed E-state index contributed by atoms with van der Waals surface area (Å²) in [5, 5.41) is 11.6. The van der Waals surface area contributed by atoms with Crippen LogP contribution >= 0.6 is 22.9 Å². The molecule has 1 fully saturated rings. The summed E-state index contributed by atoms with van der Waals surface area (Å²) in [6.07, 6.45) is 2.57. The number of azo groups is 1. The van der Waals surface area contributed by atoms with Gasteiger partial charge in [0.25, 0.3) is 0 Å². The molecular weight excluding hydrogens is 514 g/mol. The molecule has 0 aliphatic carbocycles. The van der Waals surface area contributed by atoms with Crippen LogP contribution in [-0.2, 0) is 0 Å². The van der Waals surface area contributed by atoms with Gasteiger partial charge < -0.3 is 21.2 Å². The van der Waals surface area contributed by atoms with Crippen LogP contribution in [0.3, 0.4) is 0 Å². The van der Waals surface area contributed by atoms with Crippen molar-refractivity contribution in [2.45, 2.75) is 46.5 Å². The van der Waals surface area contributed by atoms with Gasteiger partial charge in [-0.2, -0.15) is 9.36 Å². The van der Waals surface area contributed by atoms with Crippen molar-refractivity contribution in [1.82, 2.24) is 9.36 Å². The van der Waals surface area contributed by atoms with E-state index in [2.05, 4.69) is 91.2 Å². The second-order valence-corrected chi connectivity index (χ2v) is 11.4. The van der Waals surface area contributed by atoms with Gasteiger partial charge in [0, 0.05) is 30.5 Å². The Morgan fingerprint density at radius 1 is 0.842 bits per heavy atom. The van der Waals surface area contributed by atoms with E-state index in [0.29, 0.717) is 5.13 Å². The predicted octanol–water partition coefficient (Wildman–Crippen LogP) is 8.23. The maximum absolute atomic E-state index is 4.41. The number of hydrogen-bond acceptors (Lipinski definition) is 11. The Balaban J connectivity index is 1.14. The predicted molar refractivity (Wildman–Crippen MR) is 161 cm³/mol. The molecule has 2 aromatic carbocycles. The average Bonchev–Trinajstić information content (AvgIpc) is 3.68. The number of aryl methyl sites for hydroxylation is 2. The van der Waals surface area contributed by atoms with Gasteiger partial charge in [0.1, 0.15) is 10.8 Å². The molecule has 1 saturated heterocycles. The van der Waals surface area contributed by atoms with Gasteiger partial charge in [-0.05, 0) is 86.3 Å². The first-order valence-electron chi connectivity index (χ1n) is 12.8. The molecule has 1 aliphatic rings. The van der Waals surface area contributed by atoms with Gasteiger partial charge in [0.05, 0.1) is 27.8 Å². The molecule has 0 spiro atoms. The van der Waals surface area contributed by atoms with Crippen LogP contribution in [-0.4, -0.2) is 22.4 Å². The van der Waals surface area contributed by atoms with Crippen molar-refractivity contribution in [3.8, 4) is 0 Å². The summed E-state index contributed by atoms with van der Waals surface area (Å²) in [7, 11) is 0. The van der Waals surface area contributed by atoms with E-state index in [4.69, 9.17) is 0 Å². The largest absolute Gasteiger partial charge is 0.363 e. The number of benzene rings is 2. The van der Waals surface area contributed by atoms with Crippen molar-refractivity contribution >= 4 is 60.8 Å². The minimum Gasteiger partial charge on any atom is -0.363 e. The molecule has 0 atom stereocenters. The monoisotopic (exact) mass is 547 g/mol. The van der Waals surface area contributed by atoms with E-state index >= 15 is 0 Å². The molecule has 2 aromatic heterocycles. The van der Waals surface area contributed by atoms with E-state index in [1.165, 1.54) is 29.4 Å². The van der Waals surface area contributed by atoms with Crippen LogP contribution < -0.4 is 26.6 Å². The van der Waals surface area contributed by atoms with Crippen LogP contribution in [0.4, 0.5) is 37.9 Å². The van der Waals surface area contributed by atoms with Crippen molar-refractivity contribution in [2.75, 3.05) is 39.7 Å². The molecule has 0 bridgehead atoms. The lowest BCUT2D eigenvalue weighted by Gasteiger charge is -2.15. The number of hydrazine groups is 2. The van der Waals surface area contributed by atoms with Gasteiger partial charge in [-0.3, -0.25) is 5.43 Å². The first-order chi connectivity index (χ1) is 18.4. The molecule has 38 heavy (non-hydrogen) atoms. The number of rotatable bonds is 10. The molecule has 0 radical (unpaired) electrons. The third kappa shape index (κ3) is 6.40. The first-order valence-corrected chi connectivity index (χ1v) is 14.4. The van der Waals surface area contributed by atoms with Crippen LogP contribution in [0.2, 0.25) is 0 Å². The summed E-state index contributed by atoms with van der Waals surface area (Å²) in [5.41, 5.74) is 19.1. The highest BCUT2D eigenvalue weighted by Gasteiger charge is 2.14. The summed E-state index contributed by atoms with van der Waals surface area (Å²) < 4.78 is 4.32. The van der Waals surface area contributed by atoms with E-state index in [0.717, 1.165) is 57.8 Å². The lowest BCUT2D eigenvalue weighted by molar-refractivity contribution is 0.798. The Morgan fingerprint density at radius 3 is 2.29 bits per heavy atom. The smallest absolute Gasteiger partial charge is 0.249 e. The minimum absolute atomic E-state index is 0.279. The zero-order valence-electron chi connectivity index (χ0n) is 22.1. The van der Waals surface area contributed by atoms with E-state index in [9.17, 15) is 0 Å². The lowest BCUT2D eigenvalue weighted by Crippen LogP contribution is -2.15. The maximum atomic E-state index is 4.41. The number of anilines is 5. The van der Waals surface area contributed by atoms with Gasteiger partial charge >= 0.3 is 0 Å². The van der Waals surface area contributed by atoms with E-state index < -0.39 is 0 Å². The van der Waals surface area contributed by atoms with Crippen molar-refractivity contribution in [2.24, 2.45) is 10.2 Å². The Kier molecular flexibility index (Phi) is 8.04. The number of nitrogens with one attached hydrogen (secondary N) is 4. The van der Waals surface area contributed by atoms with Crippen LogP contribution in [0.15, 0.2) is 58.8 Å². The van der Waals surface area contributed by atoms with Crippen LogP contribution in [0, 0.1) is 13.8 Å². The number of aromatic nitrogens is 2. The second-order valence-electron chi connectivity index (χ2n) is 9.65. The summed E-state index contributed by atoms with van der Waals surface area (Å²) >= 11 is 3.05. The summed E-state index contributed by atoms with van der Waals surface area (Å²) in [5.74, 6) is 1.08. The molecule has 4 aromatic rings. The number of nitrogens with zero attached hydrogens (tertiary/aromatic N) is 5. The van der Waals surface area contributed by atoms with Gasteiger partial charge in [-0.1, -0.05) is 25.2 Å². The Hall–Kier alpha value is -3.70. The summed E-state index contributed by atoms with van der Waals surface area (Å²) in [6, 6.07) is 16.5. The third-order valence-electron chi connectivity index (χ3n) is 6.29. The average molecular weight is 548 g/mol. The molecule has 1 aliphatic heterocycles. The quantitative estimate of drug-likeness (QED) is 0.117. The fraction of sp³-hybridized carbons (Fsp3) is 0.333. The van der Waals surface area contributed by atoms with Gasteiger partial charge in [0.15, 0.2) is 0 Å². The molecule has 0 unspecified atom stereocenters. The summed E-state index contributed by atoms with van der Waals surface area (Å²) in [4.78, 5) is 6.86. The molecule has 3 heterocycles. The van der Waals surface area contributed by atoms with Gasteiger partial charge in [0.2, 0.25) is 5.13 Å². The number of thiophene rings is 1. The zero-order chi connectivity index (χ0) is 26.5. The Morgan fingerprint density at radius 2 is 1.58 bits per heavy atom. The standard InChI is InChI=1S/C27H33N9S2/c1-17(2)26-28-27(38-35-26)34-32-23-10-7-20(15-19(23)4)29-31-22-9-8-21(16-18(22)3)30-33-24-11-12-25(37-24)36-13-5-6-14-36/h7-12,15-17,29-31,33H,5-6,13-14H2,1-4H3/b34-32+.